The fourth-order valence-electron chi connectivity index (χ4n) is 3.51. The Morgan fingerprint density at radius 1 is 1.16 bits per heavy atom. The van der Waals surface area contributed by atoms with Crippen LogP contribution in [0, 0.1) is 6.92 Å². The summed E-state index contributed by atoms with van der Waals surface area (Å²) in [5.74, 6) is -0.534. The number of benzene rings is 1. The van der Waals surface area contributed by atoms with E-state index in [2.05, 4.69) is 10.6 Å². The van der Waals surface area contributed by atoms with E-state index in [0.29, 0.717) is 31.6 Å². The minimum absolute atomic E-state index is 0.0769. The van der Waals surface area contributed by atoms with Gasteiger partial charge in [0.15, 0.2) is 0 Å². The van der Waals surface area contributed by atoms with Crippen LogP contribution in [0.5, 0.6) is 0 Å². The first-order valence-electron chi connectivity index (χ1n) is 10.1. The van der Waals surface area contributed by atoms with Gasteiger partial charge in [0.25, 0.3) is 0 Å². The zero-order chi connectivity index (χ0) is 21.8. The molecule has 0 saturated carbocycles. The monoisotopic (exact) mass is 437 g/mol. The summed E-state index contributed by atoms with van der Waals surface area (Å²) in [6.45, 7) is 2.94. The molecule has 3 aromatic rings. The topological polar surface area (TPSA) is 91.7 Å². The number of hydrogen-bond acceptors (Lipinski definition) is 5. The summed E-state index contributed by atoms with van der Waals surface area (Å²) >= 11 is 1.59. The molecule has 8 heteroatoms. The third-order valence-corrected chi connectivity index (χ3v) is 6.28. The molecule has 0 unspecified atom stereocenters. The smallest absolute Gasteiger partial charge is 0.313 e. The van der Waals surface area contributed by atoms with Crippen LogP contribution in [-0.4, -0.2) is 30.8 Å². The van der Waals surface area contributed by atoms with Crippen LogP contribution in [0.3, 0.4) is 0 Å². The molecule has 4 rings (SSSR count). The van der Waals surface area contributed by atoms with Crippen molar-refractivity contribution in [3.05, 3.63) is 59.2 Å². The number of rotatable bonds is 6. The Labute approximate surface area is 184 Å². The first-order valence-corrected chi connectivity index (χ1v) is 11.0. The minimum Gasteiger partial charge on any atom is -0.464 e. The molecular weight excluding hydrogens is 414 g/mol. The van der Waals surface area contributed by atoms with Crippen molar-refractivity contribution in [2.24, 2.45) is 0 Å². The van der Waals surface area contributed by atoms with Crippen molar-refractivity contribution < 1.29 is 18.8 Å². The molecule has 0 aliphatic carbocycles. The largest absolute Gasteiger partial charge is 0.464 e. The Morgan fingerprint density at radius 2 is 2.03 bits per heavy atom. The lowest BCUT2D eigenvalue weighted by Crippen LogP contribution is -2.36. The van der Waals surface area contributed by atoms with Crippen molar-refractivity contribution in [3.63, 3.8) is 0 Å². The van der Waals surface area contributed by atoms with Gasteiger partial charge in [-0.15, -0.1) is 11.3 Å². The van der Waals surface area contributed by atoms with Crippen LogP contribution in [0.1, 0.15) is 23.3 Å². The molecule has 1 aliphatic rings. The highest BCUT2D eigenvalue weighted by atomic mass is 32.1. The Morgan fingerprint density at radius 3 is 2.77 bits per heavy atom. The molecule has 2 aromatic heterocycles. The third kappa shape index (κ3) is 4.86. The number of aryl methyl sites for hydroxylation is 1. The summed E-state index contributed by atoms with van der Waals surface area (Å²) in [6.07, 6.45) is 3.61. The number of nitrogens with zero attached hydrogens (tertiary/aromatic N) is 1. The van der Waals surface area contributed by atoms with Gasteiger partial charge in [-0.3, -0.25) is 14.4 Å². The molecule has 160 valence electrons. The fraction of sp³-hybridized carbons (Fsp3) is 0.261. The molecule has 1 fully saturated rings. The number of amides is 3. The summed E-state index contributed by atoms with van der Waals surface area (Å²) in [4.78, 5) is 40.4. The van der Waals surface area contributed by atoms with Gasteiger partial charge in [-0.05, 0) is 61.7 Å². The SMILES string of the molecule is Cc1ccc(NC(=O)C(=O)NCCc2ccc(-c3ccco3)s2)cc1N1CCCC1=O. The van der Waals surface area contributed by atoms with Crippen molar-refractivity contribution in [3.8, 4) is 10.6 Å². The third-order valence-electron chi connectivity index (χ3n) is 5.12. The van der Waals surface area contributed by atoms with E-state index in [-0.39, 0.29) is 5.91 Å². The Kier molecular flexibility index (Phi) is 6.18. The quantitative estimate of drug-likeness (QED) is 0.575. The van der Waals surface area contributed by atoms with E-state index < -0.39 is 11.8 Å². The number of thiophene rings is 1. The van der Waals surface area contributed by atoms with Gasteiger partial charge in [-0.25, -0.2) is 0 Å². The van der Waals surface area contributed by atoms with Crippen molar-refractivity contribution in [2.75, 3.05) is 23.3 Å². The first kappa shape index (κ1) is 20.9. The molecule has 1 aromatic carbocycles. The number of carbonyl (C=O) groups excluding carboxylic acids is 3. The van der Waals surface area contributed by atoms with Crippen LogP contribution in [0.2, 0.25) is 0 Å². The molecule has 0 radical (unpaired) electrons. The average Bonchev–Trinajstić information content (AvgIpc) is 3.51. The van der Waals surface area contributed by atoms with Gasteiger partial charge in [0, 0.05) is 35.8 Å². The predicted octanol–water partition coefficient (Wildman–Crippen LogP) is 3.74. The molecule has 1 aliphatic heterocycles. The van der Waals surface area contributed by atoms with Crippen molar-refractivity contribution in [1.29, 1.82) is 0 Å². The zero-order valence-corrected chi connectivity index (χ0v) is 18.0. The average molecular weight is 438 g/mol. The van der Waals surface area contributed by atoms with E-state index in [1.807, 2.05) is 37.3 Å². The molecule has 1 saturated heterocycles. The zero-order valence-electron chi connectivity index (χ0n) is 17.1. The molecular formula is C23H23N3O4S. The lowest BCUT2D eigenvalue weighted by Gasteiger charge is -2.19. The van der Waals surface area contributed by atoms with Crippen molar-refractivity contribution >= 4 is 40.4 Å². The van der Waals surface area contributed by atoms with Crippen molar-refractivity contribution in [2.45, 2.75) is 26.2 Å². The standard InChI is InChI=1S/C23H23N3O4S/c1-15-6-7-16(14-18(15)26-12-2-5-21(26)27)25-23(29)22(28)24-11-10-17-8-9-20(31-17)19-4-3-13-30-19/h3-4,6-9,13-14H,2,5,10-12H2,1H3,(H,24,28)(H,25,29). The van der Waals surface area contributed by atoms with Gasteiger partial charge in [0.2, 0.25) is 5.91 Å². The summed E-state index contributed by atoms with van der Waals surface area (Å²) in [6, 6.07) is 13.0. The summed E-state index contributed by atoms with van der Waals surface area (Å²) in [7, 11) is 0. The minimum atomic E-state index is -0.731. The number of carbonyl (C=O) groups is 3. The summed E-state index contributed by atoms with van der Waals surface area (Å²) < 4.78 is 5.38. The van der Waals surface area contributed by atoms with Crippen LogP contribution in [0.25, 0.3) is 10.6 Å². The Bertz CT molecular complexity index is 1100. The van der Waals surface area contributed by atoms with E-state index in [0.717, 1.165) is 33.2 Å². The highest BCUT2D eigenvalue weighted by Gasteiger charge is 2.23. The van der Waals surface area contributed by atoms with Gasteiger partial charge >= 0.3 is 11.8 Å². The number of nitrogens with one attached hydrogen (secondary N) is 2. The molecule has 7 nitrogen and oxygen atoms in total. The number of furan rings is 1. The predicted molar refractivity (Wildman–Crippen MR) is 120 cm³/mol. The Balaban J connectivity index is 1.30. The summed E-state index contributed by atoms with van der Waals surface area (Å²) in [5.41, 5.74) is 2.20. The molecule has 31 heavy (non-hydrogen) atoms. The van der Waals surface area contributed by atoms with E-state index in [4.69, 9.17) is 4.42 Å². The second-order valence-electron chi connectivity index (χ2n) is 7.35. The molecule has 0 atom stereocenters. The van der Waals surface area contributed by atoms with Crippen LogP contribution >= 0.6 is 11.3 Å². The van der Waals surface area contributed by atoms with Crippen LogP contribution < -0.4 is 15.5 Å². The number of hydrogen-bond donors (Lipinski definition) is 2. The lowest BCUT2D eigenvalue weighted by atomic mass is 10.1. The van der Waals surface area contributed by atoms with Crippen LogP contribution in [0.4, 0.5) is 11.4 Å². The van der Waals surface area contributed by atoms with Gasteiger partial charge in [0.1, 0.15) is 5.76 Å². The van der Waals surface area contributed by atoms with Crippen LogP contribution in [-0.2, 0) is 20.8 Å². The van der Waals surface area contributed by atoms with Crippen molar-refractivity contribution in [1.82, 2.24) is 5.32 Å². The van der Waals surface area contributed by atoms with Crippen LogP contribution in [0.15, 0.2) is 53.1 Å². The Hall–Kier alpha value is -3.39. The molecule has 0 bridgehead atoms. The second-order valence-corrected chi connectivity index (χ2v) is 8.52. The van der Waals surface area contributed by atoms with E-state index in [9.17, 15) is 14.4 Å². The number of anilines is 2. The highest BCUT2D eigenvalue weighted by molar-refractivity contribution is 7.15. The van der Waals surface area contributed by atoms with E-state index >= 15 is 0 Å². The maximum atomic E-state index is 12.3. The maximum absolute atomic E-state index is 12.3. The molecule has 3 heterocycles. The fourth-order valence-corrected chi connectivity index (χ4v) is 4.49. The molecule has 0 spiro atoms. The van der Waals surface area contributed by atoms with Gasteiger partial charge in [-0.2, -0.15) is 0 Å². The van der Waals surface area contributed by atoms with E-state index in [1.54, 1.807) is 34.6 Å². The molecule has 3 amide bonds. The summed E-state index contributed by atoms with van der Waals surface area (Å²) in [5, 5.41) is 5.27. The van der Waals surface area contributed by atoms with E-state index in [1.165, 1.54) is 0 Å². The maximum Gasteiger partial charge on any atom is 0.313 e. The van der Waals surface area contributed by atoms with Gasteiger partial charge in [0.05, 0.1) is 11.1 Å². The highest BCUT2D eigenvalue weighted by Crippen LogP contribution is 2.29. The normalized spacial score (nSPS) is 13.5. The lowest BCUT2D eigenvalue weighted by molar-refractivity contribution is -0.136. The first-order chi connectivity index (χ1) is 15.0. The second kappa shape index (κ2) is 9.18. The molecule has 2 N–H and O–H groups in total. The van der Waals surface area contributed by atoms with Gasteiger partial charge < -0.3 is 20.0 Å². The van der Waals surface area contributed by atoms with Gasteiger partial charge in [-0.1, -0.05) is 6.07 Å².